The highest BCUT2D eigenvalue weighted by molar-refractivity contribution is 6.30. The highest BCUT2D eigenvalue weighted by Crippen LogP contribution is 2.18. The van der Waals surface area contributed by atoms with Crippen LogP contribution in [0.4, 0.5) is 0 Å². The van der Waals surface area contributed by atoms with E-state index in [0.717, 1.165) is 27.7 Å². The van der Waals surface area contributed by atoms with Crippen LogP contribution in [0.2, 0.25) is 5.02 Å². The molecule has 0 fully saturated rings. The fraction of sp³-hybridized carbons (Fsp3) is 0.312. The third kappa shape index (κ3) is 3.95. The molecule has 4 heteroatoms. The molecule has 0 aliphatic heterocycles. The normalized spacial score (nSPS) is 12.2. The molecular formula is C16H19ClN2O. The van der Waals surface area contributed by atoms with Crippen molar-refractivity contribution in [1.29, 1.82) is 0 Å². The minimum absolute atomic E-state index is 0.210. The van der Waals surface area contributed by atoms with Crippen LogP contribution in [0.15, 0.2) is 36.4 Å². The lowest BCUT2D eigenvalue weighted by atomic mass is 10.1. The van der Waals surface area contributed by atoms with Gasteiger partial charge in [0.2, 0.25) is 0 Å². The van der Waals surface area contributed by atoms with Gasteiger partial charge in [0.15, 0.2) is 0 Å². The van der Waals surface area contributed by atoms with Crippen LogP contribution in [-0.2, 0) is 6.54 Å². The van der Waals surface area contributed by atoms with Gasteiger partial charge in [0, 0.05) is 35.4 Å². The summed E-state index contributed by atoms with van der Waals surface area (Å²) in [5.41, 5.74) is 3.09. The predicted octanol–water partition coefficient (Wildman–Crippen LogP) is 3.90. The van der Waals surface area contributed by atoms with E-state index in [9.17, 15) is 0 Å². The molecule has 1 N–H and O–H groups in total. The number of hydrogen-bond donors (Lipinski definition) is 1. The Labute approximate surface area is 124 Å². The Morgan fingerprint density at radius 2 is 2.10 bits per heavy atom. The van der Waals surface area contributed by atoms with Gasteiger partial charge >= 0.3 is 0 Å². The molecule has 106 valence electrons. The van der Waals surface area contributed by atoms with Crippen LogP contribution in [-0.4, -0.2) is 12.1 Å². The van der Waals surface area contributed by atoms with Crippen molar-refractivity contribution in [3.8, 4) is 5.75 Å². The quantitative estimate of drug-likeness (QED) is 0.907. The second-order valence-corrected chi connectivity index (χ2v) is 5.23. The van der Waals surface area contributed by atoms with Gasteiger partial charge < -0.3 is 10.1 Å². The van der Waals surface area contributed by atoms with Crippen molar-refractivity contribution in [2.24, 2.45) is 0 Å². The maximum atomic E-state index is 6.01. The number of halogens is 1. The molecule has 0 radical (unpaired) electrons. The number of hydrogen-bond acceptors (Lipinski definition) is 3. The first kappa shape index (κ1) is 14.8. The van der Waals surface area contributed by atoms with Crippen molar-refractivity contribution in [3.63, 3.8) is 0 Å². The van der Waals surface area contributed by atoms with Crippen LogP contribution >= 0.6 is 11.6 Å². The zero-order valence-electron chi connectivity index (χ0n) is 12.0. The summed E-state index contributed by atoms with van der Waals surface area (Å²) < 4.78 is 5.26. The summed E-state index contributed by atoms with van der Waals surface area (Å²) in [6.07, 6.45) is 0. The maximum Gasteiger partial charge on any atom is 0.122 e. The van der Waals surface area contributed by atoms with Gasteiger partial charge in [-0.15, -0.1) is 0 Å². The predicted molar refractivity (Wildman–Crippen MR) is 82.2 cm³/mol. The first-order valence-electron chi connectivity index (χ1n) is 6.59. The average Bonchev–Trinajstić information content (AvgIpc) is 2.44. The average molecular weight is 291 g/mol. The molecule has 1 aromatic carbocycles. The molecule has 2 aromatic rings. The van der Waals surface area contributed by atoms with Crippen LogP contribution < -0.4 is 10.1 Å². The Hall–Kier alpha value is -1.58. The molecule has 1 heterocycles. The van der Waals surface area contributed by atoms with Crippen molar-refractivity contribution < 1.29 is 4.74 Å². The first-order chi connectivity index (χ1) is 9.58. The van der Waals surface area contributed by atoms with Gasteiger partial charge in [-0.3, -0.25) is 4.98 Å². The third-order valence-electron chi connectivity index (χ3n) is 3.15. The van der Waals surface area contributed by atoms with E-state index < -0.39 is 0 Å². The van der Waals surface area contributed by atoms with Crippen molar-refractivity contribution in [2.45, 2.75) is 26.4 Å². The van der Waals surface area contributed by atoms with E-state index in [-0.39, 0.29) is 6.04 Å². The summed E-state index contributed by atoms with van der Waals surface area (Å²) in [6.45, 7) is 4.76. The standard InChI is InChI=1S/C16H19ClN2O/c1-11-7-16(20-3)9-15(19-11)10-18-12(2)13-5-4-6-14(17)8-13/h4-9,12,18H,10H2,1-3H3. The highest BCUT2D eigenvalue weighted by Gasteiger charge is 2.07. The number of nitrogens with zero attached hydrogens (tertiary/aromatic N) is 1. The van der Waals surface area contributed by atoms with Crippen molar-refractivity contribution in [1.82, 2.24) is 10.3 Å². The molecule has 1 unspecified atom stereocenters. The van der Waals surface area contributed by atoms with E-state index in [2.05, 4.69) is 23.3 Å². The largest absolute Gasteiger partial charge is 0.497 e. The van der Waals surface area contributed by atoms with Gasteiger partial charge in [0.05, 0.1) is 12.8 Å². The van der Waals surface area contributed by atoms with Crippen molar-refractivity contribution in [3.05, 3.63) is 58.4 Å². The monoisotopic (exact) mass is 290 g/mol. The SMILES string of the molecule is COc1cc(C)nc(CNC(C)c2cccc(Cl)c2)c1. The number of aromatic nitrogens is 1. The van der Waals surface area contributed by atoms with Crippen molar-refractivity contribution in [2.75, 3.05) is 7.11 Å². The summed E-state index contributed by atoms with van der Waals surface area (Å²) in [4.78, 5) is 4.50. The van der Waals surface area contributed by atoms with Gasteiger partial charge in [0.25, 0.3) is 0 Å². The molecule has 0 spiro atoms. The van der Waals surface area contributed by atoms with Crippen molar-refractivity contribution >= 4 is 11.6 Å². The van der Waals surface area contributed by atoms with E-state index in [0.29, 0.717) is 6.54 Å². The Morgan fingerprint density at radius 3 is 2.80 bits per heavy atom. The van der Waals surface area contributed by atoms with E-state index >= 15 is 0 Å². The van der Waals surface area contributed by atoms with Crippen LogP contribution in [0.25, 0.3) is 0 Å². The Bertz CT molecular complexity index is 586. The number of ether oxygens (including phenoxy) is 1. The second kappa shape index (κ2) is 6.73. The van der Waals surface area contributed by atoms with Gasteiger partial charge in [-0.2, -0.15) is 0 Å². The maximum absolute atomic E-state index is 6.01. The molecule has 0 saturated heterocycles. The van der Waals surface area contributed by atoms with E-state index in [1.165, 1.54) is 0 Å². The van der Waals surface area contributed by atoms with Crippen LogP contribution in [0.5, 0.6) is 5.75 Å². The topological polar surface area (TPSA) is 34.1 Å². The van der Waals surface area contributed by atoms with E-state index in [1.54, 1.807) is 7.11 Å². The molecule has 0 aliphatic carbocycles. The number of aryl methyl sites for hydroxylation is 1. The van der Waals surface area contributed by atoms with E-state index in [4.69, 9.17) is 16.3 Å². The summed E-state index contributed by atoms with van der Waals surface area (Å²) in [5.74, 6) is 0.838. The lowest BCUT2D eigenvalue weighted by Crippen LogP contribution is -2.19. The lowest BCUT2D eigenvalue weighted by molar-refractivity contribution is 0.412. The minimum Gasteiger partial charge on any atom is -0.497 e. The van der Waals surface area contributed by atoms with Gasteiger partial charge in [0.1, 0.15) is 5.75 Å². The molecule has 0 bridgehead atoms. The van der Waals surface area contributed by atoms with Crippen LogP contribution in [0, 0.1) is 6.92 Å². The van der Waals surface area contributed by atoms with Gasteiger partial charge in [-0.1, -0.05) is 23.7 Å². The zero-order valence-corrected chi connectivity index (χ0v) is 12.7. The summed E-state index contributed by atoms with van der Waals surface area (Å²) in [6, 6.07) is 12.0. The highest BCUT2D eigenvalue weighted by atomic mass is 35.5. The molecule has 1 atom stereocenters. The minimum atomic E-state index is 0.210. The number of benzene rings is 1. The van der Waals surface area contributed by atoms with E-state index in [1.807, 2.05) is 37.3 Å². The van der Waals surface area contributed by atoms with Gasteiger partial charge in [-0.25, -0.2) is 0 Å². The first-order valence-corrected chi connectivity index (χ1v) is 6.96. The smallest absolute Gasteiger partial charge is 0.122 e. The zero-order chi connectivity index (χ0) is 14.5. The molecule has 0 aliphatic rings. The molecule has 0 saturated carbocycles. The summed E-state index contributed by atoms with van der Waals surface area (Å²) in [7, 11) is 1.67. The lowest BCUT2D eigenvalue weighted by Gasteiger charge is -2.15. The van der Waals surface area contributed by atoms with Crippen LogP contribution in [0.3, 0.4) is 0 Å². The number of methoxy groups -OCH3 is 1. The molecule has 20 heavy (non-hydrogen) atoms. The fourth-order valence-corrected chi connectivity index (χ4v) is 2.26. The molecule has 3 nitrogen and oxygen atoms in total. The Morgan fingerprint density at radius 1 is 1.30 bits per heavy atom. The Balaban J connectivity index is 2.03. The Kier molecular flexibility index (Phi) is 4.99. The summed E-state index contributed by atoms with van der Waals surface area (Å²) >= 11 is 6.01. The van der Waals surface area contributed by atoms with Gasteiger partial charge in [-0.05, 0) is 31.5 Å². The number of rotatable bonds is 5. The second-order valence-electron chi connectivity index (χ2n) is 4.80. The third-order valence-corrected chi connectivity index (χ3v) is 3.39. The van der Waals surface area contributed by atoms with Crippen LogP contribution in [0.1, 0.15) is 29.9 Å². The number of pyridine rings is 1. The molecule has 2 rings (SSSR count). The molecule has 0 amide bonds. The molecular weight excluding hydrogens is 272 g/mol. The fourth-order valence-electron chi connectivity index (χ4n) is 2.06. The summed E-state index contributed by atoms with van der Waals surface area (Å²) in [5, 5.41) is 4.20. The number of nitrogens with one attached hydrogen (secondary N) is 1. The molecule has 1 aromatic heterocycles.